The van der Waals surface area contributed by atoms with Crippen molar-refractivity contribution in [2.45, 2.75) is 0 Å². The van der Waals surface area contributed by atoms with Crippen molar-refractivity contribution in [3.05, 3.63) is 10.4 Å². The Balaban J connectivity index is 3.37. The molecule has 0 bridgehead atoms. The van der Waals surface area contributed by atoms with Crippen LogP contribution in [0.4, 0.5) is 23.3 Å². The summed E-state index contributed by atoms with van der Waals surface area (Å²) < 4.78 is 0.325. The average molecular weight is 260 g/mol. The molecule has 0 saturated heterocycles. The quantitative estimate of drug-likeness (QED) is 0.267. The first-order valence-electron chi connectivity index (χ1n) is 5.11. The third-order valence-corrected chi connectivity index (χ3v) is 2.38. The Hall–Kier alpha value is -2.20. The molecule has 0 unspecified atom stereocenters. The van der Waals surface area contributed by atoms with E-state index in [2.05, 4.69) is 0 Å². The fourth-order valence-corrected chi connectivity index (χ4v) is 1.50. The van der Waals surface area contributed by atoms with E-state index >= 15 is 0 Å². The van der Waals surface area contributed by atoms with E-state index in [-0.39, 0.29) is 41.6 Å². The van der Waals surface area contributed by atoms with Gasteiger partial charge in [0.05, 0.1) is 26.3 Å². The van der Waals surface area contributed by atoms with Gasteiger partial charge < -0.3 is 37.8 Å². The second-order valence-corrected chi connectivity index (χ2v) is 3.50. The summed E-state index contributed by atoms with van der Waals surface area (Å²) in [6.07, 6.45) is 0. The maximum Gasteiger partial charge on any atom is 0.299 e. The molecule has 102 valence electrons. The van der Waals surface area contributed by atoms with Crippen LogP contribution in [0.3, 0.4) is 0 Å². The molecule has 0 fully saturated rings. The van der Waals surface area contributed by atoms with Crippen molar-refractivity contribution in [1.82, 2.24) is 0 Å². The number of hydrogen-bond donors (Lipinski definition) is 5. The van der Waals surface area contributed by atoms with Gasteiger partial charge in [0, 0.05) is 0 Å². The summed E-state index contributed by atoms with van der Waals surface area (Å²) in [6.45, 7) is -0.558. The molecule has 10 heteroatoms. The van der Waals surface area contributed by atoms with Crippen molar-refractivity contribution in [2.75, 3.05) is 48.4 Å². The molecule has 18 heavy (non-hydrogen) atoms. The number of nitrogens with zero attached hydrogens (tertiary/aromatic N) is 3. The van der Waals surface area contributed by atoms with Crippen LogP contribution in [0.15, 0.2) is 0 Å². The summed E-state index contributed by atoms with van der Waals surface area (Å²) >= 11 is 0. The Labute approximate surface area is 103 Å². The van der Waals surface area contributed by atoms with Crippen molar-refractivity contribution in [3.63, 3.8) is 0 Å². The van der Waals surface area contributed by atoms with Crippen LogP contribution >= 0.6 is 0 Å². The van der Waals surface area contributed by atoms with Gasteiger partial charge in [0.25, 0.3) is 23.3 Å². The van der Waals surface area contributed by atoms with E-state index in [4.69, 9.17) is 27.4 Å². The Morgan fingerprint density at radius 1 is 0.889 bits per heavy atom. The lowest BCUT2D eigenvalue weighted by molar-refractivity contribution is -0.624. The first-order chi connectivity index (χ1) is 8.45. The normalized spacial score (nSPS) is 10.6. The first-order valence-corrected chi connectivity index (χ1v) is 5.11. The molecule has 0 aromatic carbocycles. The van der Waals surface area contributed by atoms with Crippen LogP contribution in [0.2, 0.25) is 0 Å². The van der Waals surface area contributed by atoms with E-state index in [1.54, 1.807) is 0 Å². The monoisotopic (exact) mass is 260 g/mol. The van der Waals surface area contributed by atoms with Crippen LogP contribution in [0.1, 0.15) is 0 Å². The predicted octanol–water partition coefficient (Wildman–Crippen LogP) is -3.51. The number of aromatic nitrogens is 2. The van der Waals surface area contributed by atoms with Crippen LogP contribution < -0.4 is 31.6 Å². The SMILES string of the molecule is Nc1c(N)[n+]([O-])c(N(CCO)CCO)c(N)[n+]1[O-]. The zero-order valence-corrected chi connectivity index (χ0v) is 9.61. The van der Waals surface area contributed by atoms with Crippen LogP contribution in [-0.4, -0.2) is 36.5 Å². The van der Waals surface area contributed by atoms with Crippen molar-refractivity contribution in [3.8, 4) is 0 Å². The molecule has 1 aromatic heterocycles. The van der Waals surface area contributed by atoms with Gasteiger partial charge in [-0.25, -0.2) is 9.46 Å². The largest absolute Gasteiger partial charge is 0.740 e. The molecule has 0 spiro atoms. The van der Waals surface area contributed by atoms with Crippen LogP contribution in [0.5, 0.6) is 0 Å². The molecular weight excluding hydrogens is 244 g/mol. The Morgan fingerprint density at radius 2 is 1.33 bits per heavy atom. The number of nitrogen functional groups attached to an aromatic ring is 3. The molecular formula is C8H16N6O4. The average Bonchev–Trinajstić information content (AvgIpc) is 2.35. The van der Waals surface area contributed by atoms with Crippen LogP contribution in [0.25, 0.3) is 0 Å². The topological polar surface area (TPSA) is 176 Å². The van der Waals surface area contributed by atoms with E-state index in [0.717, 1.165) is 0 Å². The van der Waals surface area contributed by atoms with Gasteiger partial charge >= 0.3 is 0 Å². The van der Waals surface area contributed by atoms with Gasteiger partial charge in [0.15, 0.2) is 0 Å². The smallest absolute Gasteiger partial charge is 0.299 e. The van der Waals surface area contributed by atoms with E-state index in [1.807, 2.05) is 0 Å². The van der Waals surface area contributed by atoms with E-state index in [1.165, 1.54) is 4.90 Å². The Kier molecular flexibility index (Phi) is 4.18. The molecule has 0 aliphatic heterocycles. The summed E-state index contributed by atoms with van der Waals surface area (Å²) in [5.41, 5.74) is 16.2. The minimum absolute atomic E-state index is 0.0103. The number of rotatable bonds is 5. The predicted molar refractivity (Wildman–Crippen MR) is 64.0 cm³/mol. The van der Waals surface area contributed by atoms with Gasteiger partial charge in [-0.3, -0.25) is 4.90 Å². The molecule has 1 heterocycles. The molecule has 1 rings (SSSR count). The van der Waals surface area contributed by atoms with E-state index in [9.17, 15) is 10.4 Å². The molecule has 0 aliphatic carbocycles. The van der Waals surface area contributed by atoms with Crippen molar-refractivity contribution in [1.29, 1.82) is 0 Å². The van der Waals surface area contributed by atoms with Gasteiger partial charge in [-0.1, -0.05) is 0 Å². The Morgan fingerprint density at radius 3 is 1.78 bits per heavy atom. The zero-order chi connectivity index (χ0) is 13.9. The number of aliphatic hydroxyl groups is 2. The third kappa shape index (κ3) is 2.24. The second-order valence-electron chi connectivity index (χ2n) is 3.50. The fraction of sp³-hybridized carbons (Fsp3) is 0.500. The maximum absolute atomic E-state index is 11.8. The summed E-state index contributed by atoms with van der Waals surface area (Å²) in [7, 11) is 0. The highest BCUT2D eigenvalue weighted by atomic mass is 16.5. The second kappa shape index (κ2) is 5.42. The molecule has 8 N–H and O–H groups in total. The molecule has 1 aromatic rings. The summed E-state index contributed by atoms with van der Waals surface area (Å²) in [5, 5.41) is 41.2. The van der Waals surface area contributed by atoms with Gasteiger partial charge in [-0.05, 0) is 0 Å². The number of anilines is 4. The Bertz CT molecular complexity index is 405. The highest BCUT2D eigenvalue weighted by Crippen LogP contribution is 2.18. The lowest BCUT2D eigenvalue weighted by atomic mass is 10.4. The fourth-order valence-electron chi connectivity index (χ4n) is 1.50. The van der Waals surface area contributed by atoms with Gasteiger partial charge in [-0.15, -0.1) is 0 Å². The third-order valence-electron chi connectivity index (χ3n) is 2.38. The lowest BCUT2D eigenvalue weighted by Gasteiger charge is -2.25. The van der Waals surface area contributed by atoms with Crippen LogP contribution in [0, 0.1) is 10.4 Å². The van der Waals surface area contributed by atoms with E-state index in [0.29, 0.717) is 0 Å². The molecule has 0 aliphatic rings. The van der Waals surface area contributed by atoms with Crippen LogP contribution in [-0.2, 0) is 0 Å². The number of nitrogens with two attached hydrogens (primary N) is 3. The van der Waals surface area contributed by atoms with Gasteiger partial charge in [-0.2, -0.15) is 0 Å². The minimum Gasteiger partial charge on any atom is -0.740 e. The minimum atomic E-state index is -0.501. The standard InChI is InChI=1S/C8H16N6O4/c9-5-6(10)14(18)8(7(11)13(5)17)12(1-3-15)2-4-16/h15-16H,1-4,9-11H2. The molecule has 0 amide bonds. The van der Waals surface area contributed by atoms with Gasteiger partial charge in [0.2, 0.25) is 0 Å². The summed E-state index contributed by atoms with van der Waals surface area (Å²) in [4.78, 5) is 1.24. The summed E-state index contributed by atoms with van der Waals surface area (Å²) in [5.74, 6) is -1.69. The van der Waals surface area contributed by atoms with Crippen molar-refractivity contribution in [2.24, 2.45) is 0 Å². The van der Waals surface area contributed by atoms with E-state index < -0.39 is 17.5 Å². The first kappa shape index (κ1) is 13.9. The molecule has 0 atom stereocenters. The number of aliphatic hydroxyl groups excluding tert-OH is 2. The van der Waals surface area contributed by atoms with Gasteiger partial charge in [0.1, 0.15) is 0 Å². The maximum atomic E-state index is 11.8. The summed E-state index contributed by atoms with van der Waals surface area (Å²) in [6, 6.07) is 0. The highest BCUT2D eigenvalue weighted by molar-refractivity contribution is 5.57. The molecule has 10 nitrogen and oxygen atoms in total. The lowest BCUT2D eigenvalue weighted by Crippen LogP contribution is -2.50. The number of hydrogen-bond acceptors (Lipinski definition) is 8. The van der Waals surface area contributed by atoms with Crippen molar-refractivity contribution < 1.29 is 19.7 Å². The molecule has 0 radical (unpaired) electrons. The van der Waals surface area contributed by atoms with Crippen molar-refractivity contribution >= 4 is 23.3 Å². The highest BCUT2D eigenvalue weighted by Gasteiger charge is 2.26. The zero-order valence-electron chi connectivity index (χ0n) is 9.61. The molecule has 0 saturated carbocycles.